The molecule has 0 spiro atoms. The molecule has 1 aromatic rings. The van der Waals surface area contributed by atoms with Gasteiger partial charge in [-0.3, -0.25) is 14.7 Å². The molecule has 0 aliphatic carbocycles. The molecular weight excluding hydrogens is 537 g/mol. The number of aliphatic imine (C=N–C) groups is 1. The molecule has 3 saturated heterocycles. The van der Waals surface area contributed by atoms with Crippen molar-refractivity contribution in [1.82, 2.24) is 20.0 Å². The van der Waals surface area contributed by atoms with Crippen molar-refractivity contribution in [1.29, 1.82) is 0 Å². The minimum Gasteiger partial charge on any atom is -0.465 e. The van der Waals surface area contributed by atoms with Crippen LogP contribution in [-0.4, -0.2) is 105 Å². The summed E-state index contributed by atoms with van der Waals surface area (Å²) in [6.45, 7) is 12.3. The van der Waals surface area contributed by atoms with Crippen LogP contribution in [0.1, 0.15) is 37.3 Å². The minimum absolute atomic E-state index is 0. The Labute approximate surface area is 213 Å². The molecule has 4 rings (SSSR count). The standard InChI is InChI=1S/C23H37N5O4.HI/c1-3-24-23(28-10-8-27(9-11-28)22(29)21-5-4-14-31-21)25-17-19(20-7-6-18(2)32-20)26-12-15-30-16-13-26;/h6-7,19,21H,3-5,8-17H2,1-2H3,(H,24,25);1H. The molecule has 0 saturated carbocycles. The number of aryl methyl sites for hydroxylation is 1. The smallest absolute Gasteiger partial charge is 0.251 e. The third kappa shape index (κ3) is 6.83. The van der Waals surface area contributed by atoms with E-state index >= 15 is 0 Å². The summed E-state index contributed by atoms with van der Waals surface area (Å²) < 4.78 is 17.1. The second kappa shape index (κ2) is 12.9. The van der Waals surface area contributed by atoms with Crippen molar-refractivity contribution in [3.8, 4) is 0 Å². The van der Waals surface area contributed by atoms with Crippen LogP contribution in [0.2, 0.25) is 0 Å². The number of ether oxygens (including phenoxy) is 2. The third-order valence-corrected chi connectivity index (χ3v) is 6.42. The van der Waals surface area contributed by atoms with E-state index < -0.39 is 0 Å². The molecule has 4 heterocycles. The van der Waals surface area contributed by atoms with Crippen LogP contribution in [0.15, 0.2) is 21.5 Å². The van der Waals surface area contributed by atoms with Gasteiger partial charge in [0.1, 0.15) is 17.6 Å². The van der Waals surface area contributed by atoms with Crippen LogP contribution in [0.25, 0.3) is 0 Å². The zero-order valence-corrected chi connectivity index (χ0v) is 22.2. The molecule has 3 fully saturated rings. The summed E-state index contributed by atoms with van der Waals surface area (Å²) in [6, 6.07) is 4.17. The number of carbonyl (C=O) groups is 1. The zero-order chi connectivity index (χ0) is 22.3. The number of amides is 1. The van der Waals surface area contributed by atoms with Gasteiger partial charge in [0, 0.05) is 52.4 Å². The second-order valence-corrected chi connectivity index (χ2v) is 8.62. The Morgan fingerprint density at radius 2 is 1.85 bits per heavy atom. The fraction of sp³-hybridized carbons (Fsp3) is 0.739. The van der Waals surface area contributed by atoms with E-state index in [1.807, 2.05) is 17.9 Å². The van der Waals surface area contributed by atoms with Gasteiger partial charge in [0.15, 0.2) is 5.96 Å². The van der Waals surface area contributed by atoms with Gasteiger partial charge in [0.2, 0.25) is 0 Å². The first-order valence-corrected chi connectivity index (χ1v) is 12.0. The Hall–Kier alpha value is -1.37. The first-order valence-electron chi connectivity index (χ1n) is 12.0. The van der Waals surface area contributed by atoms with E-state index in [0.29, 0.717) is 26.2 Å². The predicted molar refractivity (Wildman–Crippen MR) is 137 cm³/mol. The predicted octanol–water partition coefficient (Wildman–Crippen LogP) is 1.87. The lowest BCUT2D eigenvalue weighted by Crippen LogP contribution is -2.55. The summed E-state index contributed by atoms with van der Waals surface area (Å²) in [5.74, 6) is 2.92. The molecule has 186 valence electrons. The Morgan fingerprint density at radius 1 is 1.12 bits per heavy atom. The lowest BCUT2D eigenvalue weighted by molar-refractivity contribution is -0.142. The van der Waals surface area contributed by atoms with Crippen molar-refractivity contribution in [2.45, 2.75) is 38.8 Å². The van der Waals surface area contributed by atoms with Crippen molar-refractivity contribution in [2.24, 2.45) is 4.99 Å². The molecule has 2 unspecified atom stereocenters. The molecule has 2 atom stereocenters. The summed E-state index contributed by atoms with van der Waals surface area (Å²) in [4.78, 5) is 24.3. The first-order chi connectivity index (χ1) is 15.7. The molecule has 10 heteroatoms. The molecule has 1 amide bonds. The van der Waals surface area contributed by atoms with Gasteiger partial charge >= 0.3 is 0 Å². The Morgan fingerprint density at radius 3 is 2.45 bits per heavy atom. The highest BCUT2D eigenvalue weighted by Gasteiger charge is 2.31. The van der Waals surface area contributed by atoms with Gasteiger partial charge in [-0.25, -0.2) is 0 Å². The fourth-order valence-corrected chi connectivity index (χ4v) is 4.62. The minimum atomic E-state index is -0.241. The largest absolute Gasteiger partial charge is 0.465 e. The van der Waals surface area contributed by atoms with Gasteiger partial charge in [0.05, 0.1) is 25.8 Å². The molecular formula is C23H38IN5O4. The van der Waals surface area contributed by atoms with E-state index in [2.05, 4.69) is 28.1 Å². The fourth-order valence-electron chi connectivity index (χ4n) is 4.62. The molecule has 1 aromatic heterocycles. The number of guanidine groups is 1. The summed E-state index contributed by atoms with van der Waals surface area (Å²) in [5.41, 5.74) is 0. The molecule has 0 bridgehead atoms. The number of halogens is 1. The highest BCUT2D eigenvalue weighted by molar-refractivity contribution is 14.0. The van der Waals surface area contributed by atoms with E-state index in [4.69, 9.17) is 18.9 Å². The van der Waals surface area contributed by atoms with Gasteiger partial charge in [-0.15, -0.1) is 24.0 Å². The number of carbonyl (C=O) groups excluding carboxylic acids is 1. The van der Waals surface area contributed by atoms with Crippen LogP contribution in [0.4, 0.5) is 0 Å². The zero-order valence-electron chi connectivity index (χ0n) is 19.8. The highest BCUT2D eigenvalue weighted by atomic mass is 127. The van der Waals surface area contributed by atoms with Gasteiger partial charge in [0.25, 0.3) is 5.91 Å². The number of nitrogens with zero attached hydrogens (tertiary/aromatic N) is 4. The Bertz CT molecular complexity index is 769. The van der Waals surface area contributed by atoms with Crippen molar-refractivity contribution in [3.05, 3.63) is 23.7 Å². The van der Waals surface area contributed by atoms with E-state index in [9.17, 15) is 4.79 Å². The number of furan rings is 1. The molecule has 3 aliphatic rings. The number of rotatable bonds is 6. The van der Waals surface area contributed by atoms with Crippen LogP contribution in [0.5, 0.6) is 0 Å². The van der Waals surface area contributed by atoms with E-state index in [-0.39, 0.29) is 42.0 Å². The molecule has 33 heavy (non-hydrogen) atoms. The van der Waals surface area contributed by atoms with Crippen molar-refractivity contribution in [2.75, 3.05) is 72.2 Å². The van der Waals surface area contributed by atoms with Crippen LogP contribution in [0, 0.1) is 6.92 Å². The van der Waals surface area contributed by atoms with Crippen molar-refractivity contribution in [3.63, 3.8) is 0 Å². The van der Waals surface area contributed by atoms with E-state index in [1.54, 1.807) is 0 Å². The number of hydrogen-bond acceptors (Lipinski definition) is 6. The maximum absolute atomic E-state index is 12.7. The van der Waals surface area contributed by atoms with Crippen molar-refractivity contribution >= 4 is 35.8 Å². The third-order valence-electron chi connectivity index (χ3n) is 6.42. The van der Waals surface area contributed by atoms with E-state index in [1.165, 1.54) is 0 Å². The lowest BCUT2D eigenvalue weighted by atomic mass is 10.1. The number of nitrogens with one attached hydrogen (secondary N) is 1. The Kier molecular flexibility index (Phi) is 10.3. The van der Waals surface area contributed by atoms with Crippen LogP contribution >= 0.6 is 24.0 Å². The average molecular weight is 575 g/mol. The molecule has 9 nitrogen and oxygen atoms in total. The van der Waals surface area contributed by atoms with Crippen LogP contribution in [0.3, 0.4) is 0 Å². The number of hydrogen-bond donors (Lipinski definition) is 1. The highest BCUT2D eigenvalue weighted by Crippen LogP contribution is 2.24. The van der Waals surface area contributed by atoms with Gasteiger partial charge in [-0.1, -0.05) is 0 Å². The van der Waals surface area contributed by atoms with Gasteiger partial charge < -0.3 is 29.0 Å². The first kappa shape index (κ1) is 26.2. The van der Waals surface area contributed by atoms with Crippen molar-refractivity contribution < 1.29 is 18.7 Å². The average Bonchev–Trinajstić information content (AvgIpc) is 3.51. The van der Waals surface area contributed by atoms with Crippen LogP contribution in [-0.2, 0) is 14.3 Å². The summed E-state index contributed by atoms with van der Waals surface area (Å²) >= 11 is 0. The molecule has 3 aliphatic heterocycles. The van der Waals surface area contributed by atoms with E-state index in [0.717, 1.165) is 76.3 Å². The topological polar surface area (TPSA) is 82.8 Å². The lowest BCUT2D eigenvalue weighted by Gasteiger charge is -2.38. The second-order valence-electron chi connectivity index (χ2n) is 8.62. The maximum atomic E-state index is 12.7. The molecule has 1 N–H and O–H groups in total. The summed E-state index contributed by atoms with van der Waals surface area (Å²) in [7, 11) is 0. The Balaban J connectivity index is 0.00000306. The van der Waals surface area contributed by atoms with Crippen LogP contribution < -0.4 is 5.32 Å². The summed E-state index contributed by atoms with van der Waals surface area (Å²) in [6.07, 6.45) is 1.58. The molecule has 0 aromatic carbocycles. The normalized spacial score (nSPS) is 23.3. The van der Waals surface area contributed by atoms with Gasteiger partial charge in [-0.2, -0.15) is 0 Å². The number of piperazine rings is 1. The SMILES string of the molecule is CCNC(=NCC(c1ccc(C)o1)N1CCOCC1)N1CCN(C(=O)C2CCCO2)CC1.I. The quantitative estimate of drug-likeness (QED) is 0.315. The number of morpholine rings is 1. The monoisotopic (exact) mass is 575 g/mol. The molecule has 0 radical (unpaired) electrons. The van der Waals surface area contributed by atoms with Gasteiger partial charge in [-0.05, 0) is 38.8 Å². The maximum Gasteiger partial charge on any atom is 0.251 e. The summed E-state index contributed by atoms with van der Waals surface area (Å²) in [5, 5.41) is 3.44.